The Morgan fingerprint density at radius 2 is 2.05 bits per heavy atom. The van der Waals surface area contributed by atoms with Crippen LogP contribution in [-0.2, 0) is 0 Å². The summed E-state index contributed by atoms with van der Waals surface area (Å²) in [5.41, 5.74) is 8.98. The number of hydrogen-bond acceptors (Lipinski definition) is 3. The normalized spacial score (nSPS) is 30.2. The van der Waals surface area contributed by atoms with Crippen molar-refractivity contribution >= 4 is 5.69 Å². The van der Waals surface area contributed by atoms with Crippen molar-refractivity contribution in [1.82, 2.24) is 4.90 Å². The van der Waals surface area contributed by atoms with Crippen molar-refractivity contribution in [1.29, 1.82) is 0 Å². The molecule has 2 unspecified atom stereocenters. The maximum atomic E-state index is 6.23. The summed E-state index contributed by atoms with van der Waals surface area (Å²) in [4.78, 5) is 5.11. The van der Waals surface area contributed by atoms with Crippen LogP contribution in [0.3, 0.4) is 0 Å². The number of aryl methyl sites for hydroxylation is 1. The predicted octanol–water partition coefficient (Wildman–Crippen LogP) is 2.39. The van der Waals surface area contributed by atoms with E-state index < -0.39 is 0 Å². The van der Waals surface area contributed by atoms with Gasteiger partial charge in [-0.05, 0) is 51.3 Å². The molecule has 2 fully saturated rings. The van der Waals surface area contributed by atoms with Crippen LogP contribution in [0.1, 0.15) is 31.2 Å². The predicted molar refractivity (Wildman–Crippen MR) is 85.2 cm³/mol. The zero-order valence-electron chi connectivity index (χ0n) is 12.8. The van der Waals surface area contributed by atoms with E-state index in [9.17, 15) is 0 Å². The van der Waals surface area contributed by atoms with Crippen molar-refractivity contribution in [3.63, 3.8) is 0 Å². The first kappa shape index (κ1) is 13.9. The summed E-state index contributed by atoms with van der Waals surface area (Å²) in [7, 11) is 2.22. The Morgan fingerprint density at radius 3 is 2.75 bits per heavy atom. The van der Waals surface area contributed by atoms with E-state index in [1.807, 2.05) is 0 Å². The van der Waals surface area contributed by atoms with Gasteiger partial charge in [-0.2, -0.15) is 0 Å². The Hall–Kier alpha value is -1.06. The molecule has 0 radical (unpaired) electrons. The van der Waals surface area contributed by atoms with Crippen LogP contribution in [0.4, 0.5) is 5.69 Å². The Labute approximate surface area is 122 Å². The third-order valence-electron chi connectivity index (χ3n) is 5.49. The fourth-order valence-electron chi connectivity index (χ4n) is 3.98. The maximum absolute atomic E-state index is 6.23. The van der Waals surface area contributed by atoms with Crippen LogP contribution in [0.25, 0.3) is 0 Å². The van der Waals surface area contributed by atoms with Gasteiger partial charge >= 0.3 is 0 Å². The molecular formula is C17H27N3. The molecule has 2 N–H and O–H groups in total. The van der Waals surface area contributed by atoms with Crippen LogP contribution in [0.5, 0.6) is 0 Å². The molecule has 2 heterocycles. The van der Waals surface area contributed by atoms with Crippen LogP contribution < -0.4 is 10.6 Å². The van der Waals surface area contributed by atoms with E-state index in [-0.39, 0.29) is 5.54 Å². The highest BCUT2D eigenvalue weighted by molar-refractivity contribution is 5.50. The van der Waals surface area contributed by atoms with Gasteiger partial charge in [0.15, 0.2) is 0 Å². The molecule has 0 saturated carbocycles. The van der Waals surface area contributed by atoms with Crippen LogP contribution in [0.2, 0.25) is 0 Å². The number of hydrogen-bond donors (Lipinski definition) is 1. The Morgan fingerprint density at radius 1 is 1.30 bits per heavy atom. The lowest BCUT2D eigenvalue weighted by Gasteiger charge is -2.50. The minimum atomic E-state index is 0.140. The molecule has 20 heavy (non-hydrogen) atoms. The third-order valence-corrected chi connectivity index (χ3v) is 5.49. The van der Waals surface area contributed by atoms with Crippen LogP contribution >= 0.6 is 0 Å². The minimum absolute atomic E-state index is 0.140. The van der Waals surface area contributed by atoms with Gasteiger partial charge in [-0.3, -0.25) is 0 Å². The largest absolute Gasteiger partial charge is 0.368 e. The summed E-state index contributed by atoms with van der Waals surface area (Å²) < 4.78 is 0. The van der Waals surface area contributed by atoms with E-state index in [4.69, 9.17) is 5.73 Å². The monoisotopic (exact) mass is 273 g/mol. The van der Waals surface area contributed by atoms with Gasteiger partial charge in [0.2, 0.25) is 0 Å². The highest BCUT2D eigenvalue weighted by atomic mass is 15.3. The third kappa shape index (κ3) is 2.33. The van der Waals surface area contributed by atoms with Crippen LogP contribution in [-0.4, -0.2) is 43.2 Å². The molecule has 3 nitrogen and oxygen atoms in total. The van der Waals surface area contributed by atoms with E-state index in [1.165, 1.54) is 50.0 Å². The number of anilines is 1. The van der Waals surface area contributed by atoms with Crippen molar-refractivity contribution in [2.24, 2.45) is 5.73 Å². The molecule has 2 saturated heterocycles. The number of nitrogens with two attached hydrogens (primary N) is 1. The molecule has 0 aromatic heterocycles. The summed E-state index contributed by atoms with van der Waals surface area (Å²) >= 11 is 0. The van der Waals surface area contributed by atoms with E-state index in [0.717, 1.165) is 12.6 Å². The molecular weight excluding hydrogens is 246 g/mol. The zero-order chi connectivity index (χ0) is 14.2. The Bertz CT molecular complexity index is 456. The van der Waals surface area contributed by atoms with Crippen LogP contribution in [0, 0.1) is 6.92 Å². The van der Waals surface area contributed by atoms with Gasteiger partial charge in [-0.25, -0.2) is 0 Å². The van der Waals surface area contributed by atoms with Gasteiger partial charge in [-0.15, -0.1) is 0 Å². The first-order valence-electron chi connectivity index (χ1n) is 7.89. The lowest BCUT2D eigenvalue weighted by Crippen LogP contribution is -2.60. The number of fused-ring (bicyclic) bond motifs is 1. The second-order valence-corrected chi connectivity index (χ2v) is 6.61. The molecule has 2 atom stereocenters. The highest BCUT2D eigenvalue weighted by Gasteiger charge is 2.43. The minimum Gasteiger partial charge on any atom is -0.368 e. The summed E-state index contributed by atoms with van der Waals surface area (Å²) in [5.74, 6) is 0. The molecule has 1 aromatic carbocycles. The molecule has 0 aliphatic carbocycles. The van der Waals surface area contributed by atoms with Crippen molar-refractivity contribution in [2.45, 2.75) is 44.2 Å². The van der Waals surface area contributed by atoms with Crippen molar-refractivity contribution in [3.8, 4) is 0 Å². The molecule has 3 rings (SSSR count). The fourth-order valence-corrected chi connectivity index (χ4v) is 3.98. The van der Waals surface area contributed by atoms with Gasteiger partial charge in [0.25, 0.3) is 0 Å². The number of nitrogens with zero attached hydrogens (tertiary/aromatic N) is 2. The van der Waals surface area contributed by atoms with Gasteiger partial charge in [0.05, 0.1) is 5.54 Å². The maximum Gasteiger partial charge on any atom is 0.0548 e. The summed E-state index contributed by atoms with van der Waals surface area (Å²) in [5, 5.41) is 0. The van der Waals surface area contributed by atoms with E-state index in [2.05, 4.69) is 48.0 Å². The summed E-state index contributed by atoms with van der Waals surface area (Å²) in [6.07, 6.45) is 5.11. The highest BCUT2D eigenvalue weighted by Crippen LogP contribution is 2.37. The SMILES string of the molecule is Cc1ccc(N(C)C2(CN)CCN3CCCC3C2)cc1. The smallest absolute Gasteiger partial charge is 0.0548 e. The van der Waals surface area contributed by atoms with Gasteiger partial charge in [0, 0.05) is 31.9 Å². The molecule has 3 heteroatoms. The molecule has 2 aliphatic rings. The van der Waals surface area contributed by atoms with Gasteiger partial charge in [-0.1, -0.05) is 17.7 Å². The Kier molecular flexibility index (Phi) is 3.74. The van der Waals surface area contributed by atoms with E-state index >= 15 is 0 Å². The molecule has 0 bridgehead atoms. The van der Waals surface area contributed by atoms with Crippen molar-refractivity contribution in [2.75, 3.05) is 31.6 Å². The molecule has 1 aromatic rings. The fraction of sp³-hybridized carbons (Fsp3) is 0.647. The van der Waals surface area contributed by atoms with E-state index in [0.29, 0.717) is 0 Å². The van der Waals surface area contributed by atoms with E-state index in [1.54, 1.807) is 0 Å². The molecule has 2 aliphatic heterocycles. The lowest BCUT2D eigenvalue weighted by atomic mass is 9.81. The lowest BCUT2D eigenvalue weighted by molar-refractivity contribution is 0.131. The molecule has 110 valence electrons. The van der Waals surface area contributed by atoms with Crippen molar-refractivity contribution in [3.05, 3.63) is 29.8 Å². The molecule has 0 spiro atoms. The first-order chi connectivity index (χ1) is 9.64. The zero-order valence-corrected chi connectivity index (χ0v) is 12.8. The first-order valence-corrected chi connectivity index (χ1v) is 7.89. The number of likely N-dealkylation sites (N-methyl/N-ethyl adjacent to an activating group) is 1. The standard InChI is InChI=1S/C17H27N3/c1-14-5-7-15(8-6-14)19(2)17(13-18)9-11-20-10-3-4-16(20)12-17/h5-8,16H,3-4,9-13,18H2,1-2H3. The average molecular weight is 273 g/mol. The second kappa shape index (κ2) is 5.38. The van der Waals surface area contributed by atoms with Crippen LogP contribution in [0.15, 0.2) is 24.3 Å². The quantitative estimate of drug-likeness (QED) is 0.918. The van der Waals surface area contributed by atoms with Gasteiger partial charge < -0.3 is 15.5 Å². The second-order valence-electron chi connectivity index (χ2n) is 6.61. The number of benzene rings is 1. The number of piperidine rings is 1. The Balaban J connectivity index is 1.82. The van der Waals surface area contributed by atoms with Gasteiger partial charge in [0.1, 0.15) is 0 Å². The molecule has 0 amide bonds. The number of rotatable bonds is 3. The summed E-state index contributed by atoms with van der Waals surface area (Å²) in [6, 6.07) is 9.60. The topological polar surface area (TPSA) is 32.5 Å². The summed E-state index contributed by atoms with van der Waals surface area (Å²) in [6.45, 7) is 5.39. The van der Waals surface area contributed by atoms with Crippen molar-refractivity contribution < 1.29 is 0 Å². The average Bonchev–Trinajstić information content (AvgIpc) is 2.94.